The van der Waals surface area contributed by atoms with Crippen molar-refractivity contribution in [1.29, 1.82) is 0 Å². The van der Waals surface area contributed by atoms with Gasteiger partial charge in [-0.05, 0) is 31.0 Å². The normalized spacial score (nSPS) is 11.3. The summed E-state index contributed by atoms with van der Waals surface area (Å²) in [5, 5.41) is 4.36. The van der Waals surface area contributed by atoms with Gasteiger partial charge in [-0.3, -0.25) is 9.59 Å². The smallest absolute Gasteiger partial charge is 0.326 e. The van der Waals surface area contributed by atoms with Gasteiger partial charge in [0.25, 0.3) is 0 Å². The topological polar surface area (TPSA) is 58.2 Å². The molecule has 1 aromatic rings. The number of hydrogen-bond acceptors (Lipinski definition) is 2. The number of halogens is 3. The lowest BCUT2D eigenvalue weighted by atomic mass is 10.0. The Morgan fingerprint density at radius 1 is 1.10 bits per heavy atom. The number of rotatable bonds is 5. The molecular formula is C14H17F3N2O2. The van der Waals surface area contributed by atoms with Crippen molar-refractivity contribution >= 4 is 23.2 Å². The molecule has 2 N–H and O–H groups in total. The van der Waals surface area contributed by atoms with E-state index in [2.05, 4.69) is 5.32 Å². The molecule has 0 heterocycles. The first kappa shape index (κ1) is 17.0. The number of nitrogens with one attached hydrogen (secondary N) is 2. The highest BCUT2D eigenvalue weighted by molar-refractivity contribution is 5.96. The van der Waals surface area contributed by atoms with Gasteiger partial charge < -0.3 is 10.6 Å². The molecule has 0 saturated heterocycles. The highest BCUT2D eigenvalue weighted by atomic mass is 19.4. The summed E-state index contributed by atoms with van der Waals surface area (Å²) in [7, 11) is 0. The number of benzene rings is 1. The van der Waals surface area contributed by atoms with Crippen molar-refractivity contribution in [3.05, 3.63) is 24.3 Å². The fraction of sp³-hybridized carbons (Fsp3) is 0.429. The fourth-order valence-electron chi connectivity index (χ4n) is 1.78. The van der Waals surface area contributed by atoms with Gasteiger partial charge in [0.1, 0.15) is 0 Å². The van der Waals surface area contributed by atoms with E-state index in [0.717, 1.165) is 0 Å². The molecule has 0 bridgehead atoms. The predicted molar refractivity (Wildman–Crippen MR) is 73.8 cm³/mol. The molecule has 0 aliphatic rings. The SMILES string of the molecule is CCC(CC)C(=O)Nc1cccc(NC(=O)C(F)(F)F)c1. The van der Waals surface area contributed by atoms with Crippen molar-refractivity contribution in [2.24, 2.45) is 5.92 Å². The summed E-state index contributed by atoms with van der Waals surface area (Å²) >= 11 is 0. The lowest BCUT2D eigenvalue weighted by molar-refractivity contribution is -0.167. The van der Waals surface area contributed by atoms with Crippen LogP contribution in [0, 0.1) is 5.92 Å². The van der Waals surface area contributed by atoms with Crippen molar-refractivity contribution < 1.29 is 22.8 Å². The van der Waals surface area contributed by atoms with E-state index in [9.17, 15) is 22.8 Å². The molecule has 0 aliphatic carbocycles. The molecule has 116 valence electrons. The Kier molecular flexibility index (Phi) is 5.75. The first-order valence-electron chi connectivity index (χ1n) is 6.57. The van der Waals surface area contributed by atoms with Crippen LogP contribution in [0.4, 0.5) is 24.5 Å². The zero-order valence-corrected chi connectivity index (χ0v) is 11.8. The van der Waals surface area contributed by atoms with Crippen LogP contribution in [0.25, 0.3) is 0 Å². The second-order valence-electron chi connectivity index (χ2n) is 4.54. The summed E-state index contributed by atoms with van der Waals surface area (Å²) in [6.45, 7) is 3.77. The molecule has 0 unspecified atom stereocenters. The first-order valence-corrected chi connectivity index (χ1v) is 6.57. The summed E-state index contributed by atoms with van der Waals surface area (Å²) < 4.78 is 36.5. The Labute approximate surface area is 120 Å². The Morgan fingerprint density at radius 2 is 1.62 bits per heavy atom. The number of hydrogen-bond donors (Lipinski definition) is 2. The van der Waals surface area contributed by atoms with Gasteiger partial charge in [-0.15, -0.1) is 0 Å². The summed E-state index contributed by atoms with van der Waals surface area (Å²) in [6.07, 6.45) is -3.60. The molecule has 1 rings (SSSR count). The maximum atomic E-state index is 12.2. The highest BCUT2D eigenvalue weighted by Crippen LogP contribution is 2.21. The van der Waals surface area contributed by atoms with Gasteiger partial charge in [-0.25, -0.2) is 0 Å². The van der Waals surface area contributed by atoms with E-state index >= 15 is 0 Å². The van der Waals surface area contributed by atoms with Crippen LogP contribution in [0.2, 0.25) is 0 Å². The van der Waals surface area contributed by atoms with Crippen LogP contribution >= 0.6 is 0 Å². The summed E-state index contributed by atoms with van der Waals surface area (Å²) in [5.74, 6) is -2.40. The largest absolute Gasteiger partial charge is 0.471 e. The Balaban J connectivity index is 2.77. The van der Waals surface area contributed by atoms with E-state index in [0.29, 0.717) is 18.5 Å². The summed E-state index contributed by atoms with van der Waals surface area (Å²) in [6, 6.07) is 5.60. The van der Waals surface area contributed by atoms with Crippen LogP contribution < -0.4 is 10.6 Å². The van der Waals surface area contributed by atoms with Crippen LogP contribution in [0.1, 0.15) is 26.7 Å². The van der Waals surface area contributed by atoms with Crippen LogP contribution in [0.5, 0.6) is 0 Å². The number of alkyl halides is 3. The summed E-state index contributed by atoms with van der Waals surface area (Å²) in [4.78, 5) is 22.7. The monoisotopic (exact) mass is 302 g/mol. The van der Waals surface area contributed by atoms with Gasteiger partial charge >= 0.3 is 12.1 Å². The van der Waals surface area contributed by atoms with Crippen LogP contribution in [-0.2, 0) is 9.59 Å². The minimum absolute atomic E-state index is 0.0281. The highest BCUT2D eigenvalue weighted by Gasteiger charge is 2.38. The molecular weight excluding hydrogens is 285 g/mol. The molecule has 0 aromatic heterocycles. The Morgan fingerprint density at radius 3 is 2.10 bits per heavy atom. The van der Waals surface area contributed by atoms with Crippen molar-refractivity contribution in [1.82, 2.24) is 0 Å². The van der Waals surface area contributed by atoms with Crippen LogP contribution in [0.15, 0.2) is 24.3 Å². The maximum absolute atomic E-state index is 12.2. The van der Waals surface area contributed by atoms with E-state index in [4.69, 9.17) is 0 Å². The molecule has 0 atom stereocenters. The third kappa shape index (κ3) is 5.09. The van der Waals surface area contributed by atoms with Gasteiger partial charge in [0.15, 0.2) is 0 Å². The second-order valence-corrected chi connectivity index (χ2v) is 4.54. The van der Waals surface area contributed by atoms with E-state index in [1.165, 1.54) is 18.2 Å². The first-order chi connectivity index (χ1) is 9.77. The summed E-state index contributed by atoms with van der Waals surface area (Å²) in [5.41, 5.74) is 0.312. The molecule has 1 aromatic carbocycles. The van der Waals surface area contributed by atoms with Crippen molar-refractivity contribution in [2.75, 3.05) is 10.6 Å². The van der Waals surface area contributed by atoms with Crippen LogP contribution in [0.3, 0.4) is 0 Å². The van der Waals surface area contributed by atoms with E-state index in [1.807, 2.05) is 13.8 Å². The molecule has 7 heteroatoms. The standard InChI is InChI=1S/C14H17F3N2O2/c1-3-9(4-2)12(20)18-10-6-5-7-11(8-10)19-13(21)14(15,16)17/h5-9H,3-4H2,1-2H3,(H,18,20)(H,19,21). The third-order valence-electron chi connectivity index (χ3n) is 3.00. The fourth-order valence-corrected chi connectivity index (χ4v) is 1.78. The molecule has 2 amide bonds. The molecule has 4 nitrogen and oxygen atoms in total. The number of amides is 2. The molecule has 0 fully saturated rings. The zero-order chi connectivity index (χ0) is 16.0. The number of carbonyl (C=O) groups is 2. The van der Waals surface area contributed by atoms with Gasteiger partial charge in [0, 0.05) is 17.3 Å². The van der Waals surface area contributed by atoms with E-state index < -0.39 is 12.1 Å². The Hall–Kier alpha value is -2.05. The van der Waals surface area contributed by atoms with E-state index in [-0.39, 0.29) is 17.5 Å². The third-order valence-corrected chi connectivity index (χ3v) is 3.00. The van der Waals surface area contributed by atoms with Gasteiger partial charge in [0.2, 0.25) is 5.91 Å². The zero-order valence-electron chi connectivity index (χ0n) is 11.8. The minimum atomic E-state index is -4.95. The molecule has 21 heavy (non-hydrogen) atoms. The number of anilines is 2. The Bertz CT molecular complexity index is 511. The van der Waals surface area contributed by atoms with Crippen molar-refractivity contribution in [3.8, 4) is 0 Å². The molecule has 0 saturated carbocycles. The lowest BCUT2D eigenvalue weighted by Crippen LogP contribution is -2.30. The average Bonchev–Trinajstić information content (AvgIpc) is 2.39. The lowest BCUT2D eigenvalue weighted by Gasteiger charge is -2.14. The average molecular weight is 302 g/mol. The predicted octanol–water partition coefficient (Wildman–Crippen LogP) is 3.56. The van der Waals surface area contributed by atoms with Crippen molar-refractivity contribution in [2.45, 2.75) is 32.9 Å². The van der Waals surface area contributed by atoms with Crippen LogP contribution in [-0.4, -0.2) is 18.0 Å². The van der Waals surface area contributed by atoms with Gasteiger partial charge in [-0.2, -0.15) is 13.2 Å². The van der Waals surface area contributed by atoms with Crippen molar-refractivity contribution in [3.63, 3.8) is 0 Å². The second kappa shape index (κ2) is 7.10. The quantitative estimate of drug-likeness (QED) is 0.873. The number of carbonyl (C=O) groups excluding carboxylic acids is 2. The minimum Gasteiger partial charge on any atom is -0.326 e. The molecule has 0 spiro atoms. The maximum Gasteiger partial charge on any atom is 0.471 e. The van der Waals surface area contributed by atoms with Gasteiger partial charge in [0.05, 0.1) is 0 Å². The van der Waals surface area contributed by atoms with Gasteiger partial charge in [-0.1, -0.05) is 19.9 Å². The molecule has 0 aliphatic heterocycles. The van der Waals surface area contributed by atoms with E-state index in [1.54, 1.807) is 11.4 Å². The molecule has 0 radical (unpaired) electrons.